The van der Waals surface area contributed by atoms with E-state index in [0.29, 0.717) is 5.56 Å². The molecule has 0 aliphatic rings. The molecule has 0 saturated carbocycles. The van der Waals surface area contributed by atoms with Crippen molar-refractivity contribution in [3.05, 3.63) is 69.7 Å². The number of hydrogen-bond acceptors (Lipinski definition) is 2. The zero-order chi connectivity index (χ0) is 13.7. The number of benzene rings is 2. The van der Waals surface area contributed by atoms with E-state index in [1.807, 2.05) is 24.3 Å². The van der Waals surface area contributed by atoms with Crippen molar-refractivity contribution in [1.82, 2.24) is 0 Å². The van der Waals surface area contributed by atoms with E-state index in [-0.39, 0.29) is 6.61 Å². The molecule has 0 amide bonds. The molecule has 0 atom stereocenters. The summed E-state index contributed by atoms with van der Waals surface area (Å²) in [5.41, 5.74) is 1.40. The van der Waals surface area contributed by atoms with E-state index in [0.717, 1.165) is 22.2 Å². The normalized spacial score (nSPS) is 10.9. The van der Waals surface area contributed by atoms with Gasteiger partial charge in [-0.25, -0.2) is 8.78 Å². The van der Waals surface area contributed by atoms with Crippen molar-refractivity contribution in [2.24, 2.45) is 5.16 Å². The third-order valence-electron chi connectivity index (χ3n) is 2.36. The van der Waals surface area contributed by atoms with E-state index in [2.05, 4.69) is 21.1 Å². The molecule has 0 unspecified atom stereocenters. The van der Waals surface area contributed by atoms with Gasteiger partial charge in [0.25, 0.3) is 0 Å². The van der Waals surface area contributed by atoms with Gasteiger partial charge in [0.1, 0.15) is 6.61 Å². The quantitative estimate of drug-likeness (QED) is 0.607. The summed E-state index contributed by atoms with van der Waals surface area (Å²) in [7, 11) is 0. The van der Waals surface area contributed by atoms with Crippen molar-refractivity contribution < 1.29 is 13.6 Å². The van der Waals surface area contributed by atoms with Gasteiger partial charge in [-0.1, -0.05) is 39.3 Å². The zero-order valence-corrected chi connectivity index (χ0v) is 11.4. The predicted molar refractivity (Wildman–Crippen MR) is 72.9 cm³/mol. The van der Waals surface area contributed by atoms with Crippen molar-refractivity contribution in [2.45, 2.75) is 6.61 Å². The monoisotopic (exact) mass is 325 g/mol. The Hall–Kier alpha value is -1.75. The predicted octanol–water partition coefficient (Wildman–Crippen LogP) is 4.28. The third kappa shape index (κ3) is 4.13. The van der Waals surface area contributed by atoms with E-state index in [1.165, 1.54) is 6.07 Å². The van der Waals surface area contributed by atoms with E-state index in [4.69, 9.17) is 4.84 Å². The van der Waals surface area contributed by atoms with Gasteiger partial charge in [0.05, 0.1) is 6.21 Å². The maximum absolute atomic E-state index is 12.9. The molecule has 0 aromatic heterocycles. The summed E-state index contributed by atoms with van der Waals surface area (Å²) in [5.74, 6) is -1.76. The average molecular weight is 326 g/mol. The highest BCUT2D eigenvalue weighted by Crippen LogP contribution is 2.10. The van der Waals surface area contributed by atoms with Crippen LogP contribution in [0.4, 0.5) is 8.78 Å². The molecule has 0 fully saturated rings. The minimum absolute atomic E-state index is 0.0875. The van der Waals surface area contributed by atoms with Crippen LogP contribution in [0.2, 0.25) is 0 Å². The SMILES string of the molecule is Fc1ccc(CON=Cc2ccc(Br)cc2)cc1F. The molecule has 0 aliphatic carbocycles. The first kappa shape index (κ1) is 13.7. The Kier molecular flexibility index (Phi) is 4.63. The van der Waals surface area contributed by atoms with Crippen LogP contribution in [0.15, 0.2) is 52.1 Å². The Labute approximate surface area is 117 Å². The van der Waals surface area contributed by atoms with Gasteiger partial charge in [0.15, 0.2) is 11.6 Å². The molecule has 0 spiro atoms. The summed E-state index contributed by atoms with van der Waals surface area (Å²) in [6.45, 7) is 0.0875. The molecule has 2 rings (SSSR count). The van der Waals surface area contributed by atoms with Crippen LogP contribution < -0.4 is 0 Å². The van der Waals surface area contributed by atoms with Crippen LogP contribution in [0, 0.1) is 11.6 Å². The summed E-state index contributed by atoms with van der Waals surface area (Å²) in [6, 6.07) is 11.1. The van der Waals surface area contributed by atoms with Crippen LogP contribution >= 0.6 is 15.9 Å². The largest absolute Gasteiger partial charge is 0.391 e. The number of rotatable bonds is 4. The van der Waals surface area contributed by atoms with E-state index < -0.39 is 11.6 Å². The van der Waals surface area contributed by atoms with Gasteiger partial charge in [-0.15, -0.1) is 0 Å². The van der Waals surface area contributed by atoms with Gasteiger partial charge >= 0.3 is 0 Å². The molecule has 5 heteroatoms. The van der Waals surface area contributed by atoms with E-state index >= 15 is 0 Å². The Morgan fingerprint density at radius 3 is 2.47 bits per heavy atom. The first-order valence-electron chi connectivity index (χ1n) is 5.50. The highest BCUT2D eigenvalue weighted by Gasteiger charge is 2.02. The molecular formula is C14H10BrF2NO. The molecule has 0 saturated heterocycles. The Bertz CT molecular complexity index is 584. The highest BCUT2D eigenvalue weighted by molar-refractivity contribution is 9.10. The first-order valence-corrected chi connectivity index (χ1v) is 6.29. The van der Waals surface area contributed by atoms with E-state index in [9.17, 15) is 8.78 Å². The molecule has 98 valence electrons. The summed E-state index contributed by atoms with van der Waals surface area (Å²) >= 11 is 3.33. The third-order valence-corrected chi connectivity index (χ3v) is 2.89. The summed E-state index contributed by atoms with van der Waals surface area (Å²) < 4.78 is 26.6. The minimum atomic E-state index is -0.891. The van der Waals surface area contributed by atoms with Crippen molar-refractivity contribution in [3.63, 3.8) is 0 Å². The van der Waals surface area contributed by atoms with E-state index in [1.54, 1.807) is 6.21 Å². The van der Waals surface area contributed by atoms with Crippen LogP contribution in [-0.4, -0.2) is 6.21 Å². The van der Waals surface area contributed by atoms with Gasteiger partial charge in [-0.05, 0) is 35.4 Å². The zero-order valence-electron chi connectivity index (χ0n) is 9.82. The van der Waals surface area contributed by atoms with Gasteiger partial charge in [-0.2, -0.15) is 0 Å². The first-order chi connectivity index (χ1) is 9.15. The molecule has 2 nitrogen and oxygen atoms in total. The minimum Gasteiger partial charge on any atom is -0.391 e. The summed E-state index contributed by atoms with van der Waals surface area (Å²) in [4.78, 5) is 5.02. The molecular weight excluding hydrogens is 316 g/mol. The number of halogens is 3. The maximum atomic E-state index is 12.9. The summed E-state index contributed by atoms with van der Waals surface area (Å²) in [6.07, 6.45) is 1.55. The topological polar surface area (TPSA) is 21.6 Å². The molecule has 2 aromatic carbocycles. The Morgan fingerprint density at radius 1 is 1.05 bits per heavy atom. The molecule has 0 aliphatic heterocycles. The van der Waals surface area contributed by atoms with Crippen molar-refractivity contribution in [1.29, 1.82) is 0 Å². The standard InChI is InChI=1S/C14H10BrF2NO/c15-12-4-1-10(2-5-12)8-18-19-9-11-3-6-13(16)14(17)7-11/h1-8H,9H2. The molecule has 0 N–H and O–H groups in total. The molecule has 0 radical (unpaired) electrons. The van der Waals surface area contributed by atoms with Crippen molar-refractivity contribution in [2.75, 3.05) is 0 Å². The van der Waals surface area contributed by atoms with Crippen LogP contribution in [0.25, 0.3) is 0 Å². The Morgan fingerprint density at radius 2 is 1.79 bits per heavy atom. The van der Waals surface area contributed by atoms with Crippen LogP contribution in [0.1, 0.15) is 11.1 Å². The second-order valence-electron chi connectivity index (χ2n) is 3.81. The molecule has 0 bridgehead atoms. The second-order valence-corrected chi connectivity index (χ2v) is 4.72. The molecule has 2 aromatic rings. The molecule has 0 heterocycles. The van der Waals surface area contributed by atoms with Gasteiger partial charge in [0, 0.05) is 4.47 Å². The fraction of sp³-hybridized carbons (Fsp3) is 0.0714. The second kappa shape index (κ2) is 6.43. The Balaban J connectivity index is 1.89. The fourth-order valence-corrected chi connectivity index (χ4v) is 1.65. The van der Waals surface area contributed by atoms with Crippen LogP contribution in [0.3, 0.4) is 0 Å². The number of hydrogen-bond donors (Lipinski definition) is 0. The lowest BCUT2D eigenvalue weighted by Crippen LogP contribution is -1.91. The maximum Gasteiger partial charge on any atom is 0.159 e. The van der Waals surface area contributed by atoms with Crippen LogP contribution in [0.5, 0.6) is 0 Å². The smallest absolute Gasteiger partial charge is 0.159 e. The van der Waals surface area contributed by atoms with Crippen LogP contribution in [-0.2, 0) is 11.4 Å². The lowest BCUT2D eigenvalue weighted by Gasteiger charge is -2.00. The lowest BCUT2D eigenvalue weighted by atomic mass is 10.2. The number of nitrogens with zero attached hydrogens (tertiary/aromatic N) is 1. The lowest BCUT2D eigenvalue weighted by molar-refractivity contribution is 0.132. The van der Waals surface area contributed by atoms with Gasteiger partial charge < -0.3 is 4.84 Å². The summed E-state index contributed by atoms with van der Waals surface area (Å²) in [5, 5.41) is 3.76. The fourth-order valence-electron chi connectivity index (χ4n) is 1.39. The van der Waals surface area contributed by atoms with Crippen molar-refractivity contribution in [3.8, 4) is 0 Å². The van der Waals surface area contributed by atoms with Crippen molar-refractivity contribution >= 4 is 22.1 Å². The molecule has 19 heavy (non-hydrogen) atoms. The average Bonchev–Trinajstić information content (AvgIpc) is 2.41. The highest BCUT2D eigenvalue weighted by atomic mass is 79.9. The number of oxime groups is 1. The van der Waals surface area contributed by atoms with Gasteiger partial charge in [0.2, 0.25) is 0 Å². The van der Waals surface area contributed by atoms with Gasteiger partial charge in [-0.3, -0.25) is 0 Å².